The summed E-state index contributed by atoms with van der Waals surface area (Å²) in [7, 11) is 0. The Morgan fingerprint density at radius 2 is 1.78 bits per heavy atom. The van der Waals surface area contributed by atoms with Gasteiger partial charge in [0.2, 0.25) is 11.8 Å². The fourth-order valence-corrected chi connectivity index (χ4v) is 7.33. The topological polar surface area (TPSA) is 135 Å². The number of unbranched alkanes of at least 4 members (excludes halogenated alkanes) is 4. The number of phenols is 1. The van der Waals surface area contributed by atoms with Crippen LogP contribution in [0.4, 0.5) is 0 Å². The average Bonchev–Trinajstić information content (AvgIpc) is 3.77. The smallest absolute Gasteiger partial charge is 0.338 e. The van der Waals surface area contributed by atoms with E-state index in [2.05, 4.69) is 19.2 Å². The van der Waals surface area contributed by atoms with E-state index in [4.69, 9.17) is 14.2 Å². The number of likely N-dealkylation sites (tertiary alicyclic amines) is 1. The van der Waals surface area contributed by atoms with Gasteiger partial charge in [0, 0.05) is 37.9 Å². The molecule has 0 spiro atoms. The average molecular weight is 703 g/mol. The van der Waals surface area contributed by atoms with Crippen molar-refractivity contribution < 1.29 is 38.8 Å². The highest BCUT2D eigenvalue weighted by atomic mass is 16.8. The second kappa shape index (κ2) is 18.5. The van der Waals surface area contributed by atoms with Crippen molar-refractivity contribution in [3.8, 4) is 5.75 Å². The summed E-state index contributed by atoms with van der Waals surface area (Å²) in [6.07, 6.45) is 13.1. The first kappa shape index (κ1) is 38.2. The van der Waals surface area contributed by atoms with E-state index < -0.39 is 36.1 Å². The predicted octanol–water partition coefficient (Wildman–Crippen LogP) is 6.24. The number of hydrogen-bond donors (Lipinski definition) is 3. The van der Waals surface area contributed by atoms with Crippen molar-refractivity contribution in [1.82, 2.24) is 10.2 Å². The number of allylic oxidation sites excluding steroid dienone is 1. The lowest BCUT2D eigenvalue weighted by molar-refractivity contribution is -0.190. The van der Waals surface area contributed by atoms with Crippen molar-refractivity contribution >= 4 is 23.9 Å². The Balaban J connectivity index is 1.37. The lowest BCUT2D eigenvalue weighted by Crippen LogP contribution is -2.49. The zero-order valence-electron chi connectivity index (χ0n) is 30.1. The van der Waals surface area contributed by atoms with E-state index in [1.807, 2.05) is 36.4 Å². The van der Waals surface area contributed by atoms with Crippen LogP contribution in [-0.4, -0.2) is 82.7 Å². The second-order valence-electron chi connectivity index (χ2n) is 13.9. The monoisotopic (exact) mass is 702 g/mol. The minimum atomic E-state index is -0.836. The molecule has 0 bridgehead atoms. The molecule has 0 aromatic heterocycles. The maximum absolute atomic E-state index is 14.1. The Bertz CT molecular complexity index is 1540. The molecule has 2 aliphatic heterocycles. The van der Waals surface area contributed by atoms with Gasteiger partial charge in [-0.15, -0.1) is 0 Å². The number of phenolic OH excluding ortho intramolecular Hbond substituents is 1. The number of nitrogens with one attached hydrogen (secondary N) is 1. The minimum absolute atomic E-state index is 0.124. The molecule has 10 nitrogen and oxygen atoms in total. The molecule has 2 amide bonds. The van der Waals surface area contributed by atoms with Crippen LogP contribution >= 0.6 is 0 Å². The Morgan fingerprint density at radius 1 is 1.02 bits per heavy atom. The van der Waals surface area contributed by atoms with Gasteiger partial charge < -0.3 is 34.6 Å². The molecule has 0 saturated carbocycles. The highest BCUT2D eigenvalue weighted by Crippen LogP contribution is 2.43. The van der Waals surface area contributed by atoms with Crippen LogP contribution in [0.3, 0.4) is 0 Å². The first-order valence-electron chi connectivity index (χ1n) is 18.8. The summed E-state index contributed by atoms with van der Waals surface area (Å²) in [5, 5.41) is 22.0. The molecule has 51 heavy (non-hydrogen) atoms. The molecule has 2 aromatic rings. The van der Waals surface area contributed by atoms with E-state index in [-0.39, 0.29) is 37.1 Å². The molecule has 10 heteroatoms. The molecule has 3 N–H and O–H groups in total. The van der Waals surface area contributed by atoms with Crippen molar-refractivity contribution in [3.05, 3.63) is 82.9 Å². The van der Waals surface area contributed by atoms with Gasteiger partial charge in [0.15, 0.2) is 5.79 Å². The van der Waals surface area contributed by atoms with E-state index in [0.717, 1.165) is 49.7 Å². The van der Waals surface area contributed by atoms with Gasteiger partial charge in [0.1, 0.15) is 30.1 Å². The second-order valence-corrected chi connectivity index (χ2v) is 13.9. The molecular formula is C41H54N2O8. The van der Waals surface area contributed by atoms with Crippen LogP contribution in [0.5, 0.6) is 5.75 Å². The van der Waals surface area contributed by atoms with Crippen molar-refractivity contribution in [2.24, 2.45) is 0 Å². The molecule has 276 valence electrons. The number of nitrogens with zero attached hydrogens (tertiary/aromatic N) is 1. The third-order valence-electron chi connectivity index (χ3n) is 10.0. The van der Waals surface area contributed by atoms with Crippen molar-refractivity contribution in [2.75, 3.05) is 19.7 Å². The van der Waals surface area contributed by atoms with Crippen LogP contribution < -0.4 is 5.32 Å². The maximum Gasteiger partial charge on any atom is 0.338 e. The SMILES string of the molecule is CCCCCC1(CCCCC)OC2C=C(C(=O)N3CCCC3C(=O)NCCO)CC(OC(=O)c3cccc(C=CCc4ccccc4O)c3)C2O1. The van der Waals surface area contributed by atoms with Gasteiger partial charge in [0.25, 0.3) is 0 Å². The van der Waals surface area contributed by atoms with E-state index in [1.165, 1.54) is 0 Å². The molecule has 3 aliphatic rings. The number of aliphatic hydroxyl groups excluding tert-OH is 1. The largest absolute Gasteiger partial charge is 0.508 e. The van der Waals surface area contributed by atoms with Gasteiger partial charge >= 0.3 is 5.97 Å². The number of carbonyl (C=O) groups excluding carboxylic acids is 3. The molecule has 0 radical (unpaired) electrons. The molecule has 4 atom stereocenters. The van der Waals surface area contributed by atoms with E-state index in [9.17, 15) is 24.6 Å². The lowest BCUT2D eigenvalue weighted by atomic mass is 9.91. The number of para-hydroxylation sites is 1. The lowest BCUT2D eigenvalue weighted by Gasteiger charge is -2.33. The van der Waals surface area contributed by atoms with Crippen LogP contribution in [0.15, 0.2) is 66.3 Å². The van der Waals surface area contributed by atoms with Gasteiger partial charge in [-0.3, -0.25) is 9.59 Å². The number of fused-ring (bicyclic) bond motifs is 1. The van der Waals surface area contributed by atoms with Crippen LogP contribution in [0, 0.1) is 0 Å². The predicted molar refractivity (Wildman–Crippen MR) is 195 cm³/mol. The van der Waals surface area contributed by atoms with Crippen LogP contribution in [-0.2, 0) is 30.2 Å². The molecule has 2 heterocycles. The molecule has 2 saturated heterocycles. The molecular weight excluding hydrogens is 648 g/mol. The fraction of sp³-hybridized carbons (Fsp3) is 0.537. The molecule has 5 rings (SSSR count). The minimum Gasteiger partial charge on any atom is -0.508 e. The summed E-state index contributed by atoms with van der Waals surface area (Å²) < 4.78 is 19.8. The van der Waals surface area contributed by atoms with Gasteiger partial charge in [-0.05, 0) is 67.5 Å². The number of hydrogen-bond acceptors (Lipinski definition) is 8. The maximum atomic E-state index is 14.1. The van der Waals surface area contributed by atoms with Gasteiger partial charge in [0.05, 0.1) is 12.2 Å². The Kier molecular flexibility index (Phi) is 13.9. The number of aromatic hydroxyl groups is 1. The van der Waals surface area contributed by atoms with Crippen LogP contribution in [0.25, 0.3) is 6.08 Å². The van der Waals surface area contributed by atoms with Crippen molar-refractivity contribution in [1.29, 1.82) is 0 Å². The third kappa shape index (κ3) is 9.87. The summed E-state index contributed by atoms with van der Waals surface area (Å²) in [5.41, 5.74) is 2.43. The standard InChI is InChI=1S/C41H54N2O8/c1-3-5-9-21-41(22-10-6-4-2)50-36-28-32(39(47)43-24-13-19-33(43)38(46)42-23-25-44)27-35(37(36)51-41)49-40(48)31-18-12-15-29(26-31)14-11-17-30-16-7-8-20-34(30)45/h7-8,11-12,14-16,18,20,26,28,33,35-37,44-45H,3-6,9-10,13,17,19,21-25,27H2,1-2H3,(H,42,46). The third-order valence-corrected chi connectivity index (χ3v) is 10.0. The Hall–Kier alpha value is -3.99. The summed E-state index contributed by atoms with van der Waals surface area (Å²) >= 11 is 0. The van der Waals surface area contributed by atoms with E-state index >= 15 is 0 Å². The van der Waals surface area contributed by atoms with Crippen molar-refractivity contribution in [3.63, 3.8) is 0 Å². The van der Waals surface area contributed by atoms with Crippen molar-refractivity contribution in [2.45, 2.75) is 121 Å². The molecule has 4 unspecified atom stereocenters. The number of amides is 2. The highest BCUT2D eigenvalue weighted by molar-refractivity contribution is 5.98. The number of rotatable bonds is 17. The first-order valence-corrected chi connectivity index (χ1v) is 18.8. The fourth-order valence-electron chi connectivity index (χ4n) is 7.33. The van der Waals surface area contributed by atoms with Crippen LogP contribution in [0.2, 0.25) is 0 Å². The number of benzene rings is 2. The highest BCUT2D eigenvalue weighted by Gasteiger charge is 2.53. The van der Waals surface area contributed by atoms with Gasteiger partial charge in [-0.2, -0.15) is 0 Å². The first-order chi connectivity index (χ1) is 24.8. The summed E-state index contributed by atoms with van der Waals surface area (Å²) in [5.74, 6) is -1.68. The van der Waals surface area contributed by atoms with E-state index in [1.54, 1.807) is 35.2 Å². The number of aliphatic hydroxyl groups is 1. The zero-order valence-corrected chi connectivity index (χ0v) is 30.1. The van der Waals surface area contributed by atoms with Gasteiger partial charge in [-0.25, -0.2) is 4.79 Å². The molecule has 1 aliphatic carbocycles. The Labute approximate surface area is 301 Å². The Morgan fingerprint density at radius 3 is 2.51 bits per heavy atom. The van der Waals surface area contributed by atoms with Gasteiger partial charge in [-0.1, -0.05) is 82.0 Å². The molecule has 2 fully saturated rings. The quantitative estimate of drug-likeness (QED) is 0.130. The van der Waals surface area contributed by atoms with E-state index in [0.29, 0.717) is 49.8 Å². The molecule has 2 aromatic carbocycles. The normalized spacial score (nSPS) is 22.5. The summed E-state index contributed by atoms with van der Waals surface area (Å²) in [4.78, 5) is 42.4. The number of carbonyl (C=O) groups is 3. The number of ether oxygens (including phenoxy) is 3. The summed E-state index contributed by atoms with van der Waals surface area (Å²) in [6, 6.07) is 13.7. The summed E-state index contributed by atoms with van der Waals surface area (Å²) in [6.45, 7) is 4.69. The number of esters is 1. The van der Waals surface area contributed by atoms with Crippen LogP contribution in [0.1, 0.15) is 106 Å². The zero-order chi connectivity index (χ0) is 36.2.